The summed E-state index contributed by atoms with van der Waals surface area (Å²) in [7, 11) is 0. The highest BCUT2D eigenvalue weighted by atomic mass is 32.2. The lowest BCUT2D eigenvalue weighted by Crippen LogP contribution is -1.85. The van der Waals surface area contributed by atoms with Crippen LogP contribution >= 0.6 is 11.8 Å². The van der Waals surface area contributed by atoms with Gasteiger partial charge in [-0.2, -0.15) is 0 Å². The van der Waals surface area contributed by atoms with Crippen molar-refractivity contribution < 1.29 is 0 Å². The highest BCUT2D eigenvalue weighted by molar-refractivity contribution is 7.99. The van der Waals surface area contributed by atoms with Crippen molar-refractivity contribution in [1.82, 2.24) is 0 Å². The molecule has 0 aliphatic rings. The van der Waals surface area contributed by atoms with Crippen molar-refractivity contribution >= 4 is 33.3 Å². The van der Waals surface area contributed by atoms with E-state index in [1.807, 2.05) is 0 Å². The van der Waals surface area contributed by atoms with E-state index in [4.69, 9.17) is 0 Å². The Bertz CT molecular complexity index is 1170. The van der Waals surface area contributed by atoms with E-state index in [9.17, 15) is 0 Å². The molecule has 0 aliphatic heterocycles. The minimum absolute atomic E-state index is 1.26. The molecule has 0 heterocycles. The van der Waals surface area contributed by atoms with Crippen LogP contribution in [0.4, 0.5) is 0 Å². The summed E-state index contributed by atoms with van der Waals surface area (Å²) in [5.41, 5.74) is 2.58. The Morgan fingerprint density at radius 1 is 0.444 bits per heavy atom. The normalized spacial score (nSPS) is 11.1. The molecule has 0 amide bonds. The van der Waals surface area contributed by atoms with E-state index in [1.54, 1.807) is 11.8 Å². The summed E-state index contributed by atoms with van der Waals surface area (Å²) in [6, 6.07) is 39.1. The Morgan fingerprint density at radius 3 is 1.59 bits per heavy atom. The zero-order valence-corrected chi connectivity index (χ0v) is 15.6. The average molecular weight is 362 g/mol. The second-order valence-corrected chi connectivity index (χ2v) is 7.78. The molecular weight excluding hydrogens is 344 g/mol. The molecule has 0 N–H and O–H groups in total. The summed E-state index contributed by atoms with van der Waals surface area (Å²) in [6.45, 7) is 0. The molecule has 0 aliphatic carbocycles. The molecule has 5 rings (SSSR count). The topological polar surface area (TPSA) is 0 Å². The van der Waals surface area contributed by atoms with Gasteiger partial charge in [0, 0.05) is 9.79 Å². The molecule has 27 heavy (non-hydrogen) atoms. The molecule has 0 fully saturated rings. The molecule has 0 radical (unpaired) electrons. The van der Waals surface area contributed by atoms with Gasteiger partial charge >= 0.3 is 0 Å². The van der Waals surface area contributed by atoms with Gasteiger partial charge in [0.15, 0.2) is 0 Å². The van der Waals surface area contributed by atoms with Crippen molar-refractivity contribution in [1.29, 1.82) is 0 Å². The highest BCUT2D eigenvalue weighted by Gasteiger charge is 2.09. The minimum atomic E-state index is 1.26. The molecular formula is C26H18S. The molecule has 0 nitrogen and oxygen atoms in total. The van der Waals surface area contributed by atoms with Crippen molar-refractivity contribution in [2.45, 2.75) is 9.79 Å². The molecule has 128 valence electrons. The third-order valence-electron chi connectivity index (χ3n) is 4.89. The Kier molecular flexibility index (Phi) is 4.16. The van der Waals surface area contributed by atoms with E-state index >= 15 is 0 Å². The van der Waals surface area contributed by atoms with Crippen LogP contribution in [0, 0.1) is 0 Å². The molecule has 0 saturated carbocycles. The SMILES string of the molecule is c1ccc(Sc2ccc(-c3c4ccccc4cc4ccccc34)cc2)cc1. The van der Waals surface area contributed by atoms with E-state index in [0.717, 1.165) is 0 Å². The maximum absolute atomic E-state index is 2.29. The lowest BCUT2D eigenvalue weighted by atomic mass is 9.92. The fourth-order valence-corrected chi connectivity index (χ4v) is 4.48. The first-order chi connectivity index (χ1) is 13.4. The molecule has 0 bridgehead atoms. The van der Waals surface area contributed by atoms with E-state index in [-0.39, 0.29) is 0 Å². The number of rotatable bonds is 3. The van der Waals surface area contributed by atoms with Crippen LogP contribution in [0.1, 0.15) is 0 Å². The predicted molar refractivity (Wildman–Crippen MR) is 117 cm³/mol. The maximum atomic E-state index is 2.29. The Hall–Kier alpha value is -3.03. The van der Waals surface area contributed by atoms with Crippen LogP contribution in [0.15, 0.2) is 119 Å². The molecule has 5 aromatic rings. The number of hydrogen-bond donors (Lipinski definition) is 0. The molecule has 5 aromatic carbocycles. The second kappa shape index (κ2) is 6.94. The monoisotopic (exact) mass is 362 g/mol. The van der Waals surface area contributed by atoms with Crippen molar-refractivity contribution in [2.24, 2.45) is 0 Å². The van der Waals surface area contributed by atoms with Gasteiger partial charge in [-0.05, 0) is 63.0 Å². The number of hydrogen-bond acceptors (Lipinski definition) is 1. The Labute approximate surface area is 163 Å². The average Bonchev–Trinajstić information content (AvgIpc) is 2.73. The van der Waals surface area contributed by atoms with E-state index in [1.165, 1.54) is 42.5 Å². The smallest absolute Gasteiger partial charge is 0.0122 e. The van der Waals surface area contributed by atoms with Crippen molar-refractivity contribution in [2.75, 3.05) is 0 Å². The van der Waals surface area contributed by atoms with Gasteiger partial charge in [-0.15, -0.1) is 0 Å². The van der Waals surface area contributed by atoms with E-state index < -0.39 is 0 Å². The van der Waals surface area contributed by atoms with Crippen molar-refractivity contribution in [3.8, 4) is 11.1 Å². The maximum Gasteiger partial charge on any atom is 0.0122 e. The van der Waals surface area contributed by atoms with Gasteiger partial charge < -0.3 is 0 Å². The van der Waals surface area contributed by atoms with Gasteiger partial charge in [0.25, 0.3) is 0 Å². The molecule has 0 spiro atoms. The van der Waals surface area contributed by atoms with Gasteiger partial charge in [-0.1, -0.05) is 90.6 Å². The lowest BCUT2D eigenvalue weighted by molar-refractivity contribution is 1.41. The quantitative estimate of drug-likeness (QED) is 0.295. The van der Waals surface area contributed by atoms with E-state index in [2.05, 4.69) is 109 Å². The van der Waals surface area contributed by atoms with Crippen LogP contribution in [0.25, 0.3) is 32.7 Å². The summed E-state index contributed by atoms with van der Waals surface area (Å²) < 4.78 is 0. The van der Waals surface area contributed by atoms with Gasteiger partial charge in [-0.25, -0.2) is 0 Å². The predicted octanol–water partition coefficient (Wildman–Crippen LogP) is 7.81. The third-order valence-corrected chi connectivity index (χ3v) is 5.91. The van der Waals surface area contributed by atoms with E-state index in [0.29, 0.717) is 0 Å². The fraction of sp³-hybridized carbons (Fsp3) is 0. The van der Waals surface area contributed by atoms with Crippen molar-refractivity contribution in [3.05, 3.63) is 109 Å². The first kappa shape index (κ1) is 16.2. The largest absolute Gasteiger partial charge is 0.0901 e. The third kappa shape index (κ3) is 3.11. The van der Waals surface area contributed by atoms with Gasteiger partial charge in [-0.3, -0.25) is 0 Å². The number of benzene rings is 5. The molecule has 0 unspecified atom stereocenters. The van der Waals surface area contributed by atoms with Crippen molar-refractivity contribution in [3.63, 3.8) is 0 Å². The molecule has 0 saturated heterocycles. The fourth-order valence-electron chi connectivity index (χ4n) is 3.64. The highest BCUT2D eigenvalue weighted by Crippen LogP contribution is 2.37. The summed E-state index contributed by atoms with van der Waals surface area (Å²) in [4.78, 5) is 2.52. The van der Waals surface area contributed by atoms with Gasteiger partial charge in [0.2, 0.25) is 0 Å². The Morgan fingerprint density at radius 2 is 0.963 bits per heavy atom. The van der Waals surface area contributed by atoms with Crippen LogP contribution in [-0.4, -0.2) is 0 Å². The standard InChI is InChI=1S/C26H18S/c1-2-10-22(11-3-1)27-23-16-14-19(15-17-23)26-24-12-6-4-8-20(24)18-21-9-5-7-13-25(21)26/h1-18H. The molecule has 1 heteroatoms. The molecule has 0 aromatic heterocycles. The Balaban J connectivity index is 1.64. The van der Waals surface area contributed by atoms with Crippen LogP contribution in [0.5, 0.6) is 0 Å². The first-order valence-corrected chi connectivity index (χ1v) is 9.94. The van der Waals surface area contributed by atoms with Crippen LogP contribution < -0.4 is 0 Å². The zero-order valence-electron chi connectivity index (χ0n) is 14.8. The van der Waals surface area contributed by atoms with Gasteiger partial charge in [0.05, 0.1) is 0 Å². The van der Waals surface area contributed by atoms with Crippen LogP contribution in [0.2, 0.25) is 0 Å². The van der Waals surface area contributed by atoms with Crippen LogP contribution in [0.3, 0.4) is 0 Å². The summed E-state index contributed by atoms with van der Waals surface area (Å²) >= 11 is 1.80. The minimum Gasteiger partial charge on any atom is -0.0901 e. The summed E-state index contributed by atoms with van der Waals surface area (Å²) in [6.07, 6.45) is 0. The first-order valence-electron chi connectivity index (χ1n) is 9.12. The summed E-state index contributed by atoms with van der Waals surface area (Å²) in [5, 5.41) is 5.18. The summed E-state index contributed by atoms with van der Waals surface area (Å²) in [5.74, 6) is 0. The molecule has 0 atom stereocenters. The van der Waals surface area contributed by atoms with Gasteiger partial charge in [0.1, 0.15) is 0 Å². The lowest BCUT2D eigenvalue weighted by Gasteiger charge is -2.12. The van der Waals surface area contributed by atoms with Crippen LogP contribution in [-0.2, 0) is 0 Å². The second-order valence-electron chi connectivity index (χ2n) is 6.63. The number of fused-ring (bicyclic) bond motifs is 2. The zero-order chi connectivity index (χ0) is 18.1.